The number of nitrogens with zero attached hydrogens (tertiary/aromatic N) is 1. The summed E-state index contributed by atoms with van der Waals surface area (Å²) in [6.45, 7) is 4.23. The summed E-state index contributed by atoms with van der Waals surface area (Å²) in [6.07, 6.45) is 6.56. The van der Waals surface area contributed by atoms with Crippen LogP contribution < -0.4 is 11.3 Å². The van der Waals surface area contributed by atoms with Crippen molar-refractivity contribution in [2.45, 2.75) is 51.2 Å². The van der Waals surface area contributed by atoms with Crippen LogP contribution in [0.3, 0.4) is 0 Å². The van der Waals surface area contributed by atoms with Crippen molar-refractivity contribution in [1.82, 2.24) is 9.73 Å². The highest BCUT2D eigenvalue weighted by Crippen LogP contribution is 2.31. The highest BCUT2D eigenvalue weighted by atomic mass is 32.2. The molecule has 4 unspecified atom stereocenters. The molecule has 0 radical (unpaired) electrons. The smallest absolute Gasteiger partial charge is 0.211 e. The van der Waals surface area contributed by atoms with E-state index in [-0.39, 0.29) is 12.1 Å². The molecule has 2 heterocycles. The predicted molar refractivity (Wildman–Crippen MR) is 83.0 cm³/mol. The molecule has 0 spiro atoms. The third-order valence-electron chi connectivity index (χ3n) is 4.93. The molecule has 2 aliphatic heterocycles. The molecule has 7 heteroatoms. The number of piperidine rings is 1. The van der Waals surface area contributed by atoms with Crippen molar-refractivity contribution >= 4 is 10.0 Å². The van der Waals surface area contributed by atoms with Crippen LogP contribution in [0.5, 0.6) is 0 Å². The van der Waals surface area contributed by atoms with Crippen LogP contribution >= 0.6 is 0 Å². The van der Waals surface area contributed by atoms with Gasteiger partial charge in [-0.2, -0.15) is 0 Å². The predicted octanol–water partition coefficient (Wildman–Crippen LogP) is 0.695. The number of hydrazine groups is 1. The maximum absolute atomic E-state index is 11.7. The molecule has 2 aliphatic rings. The molecule has 0 aliphatic carbocycles. The van der Waals surface area contributed by atoms with Gasteiger partial charge in [-0.1, -0.05) is 6.92 Å². The highest BCUT2D eigenvalue weighted by Gasteiger charge is 2.35. The van der Waals surface area contributed by atoms with Gasteiger partial charge < -0.3 is 4.74 Å². The van der Waals surface area contributed by atoms with Crippen LogP contribution in [0.4, 0.5) is 0 Å². The first-order valence-corrected chi connectivity index (χ1v) is 9.83. The molecule has 0 aromatic heterocycles. The Bertz CT molecular complexity index is 429. The second kappa shape index (κ2) is 7.37. The fraction of sp³-hybridized carbons (Fsp3) is 1.00. The van der Waals surface area contributed by atoms with Gasteiger partial charge in [-0.25, -0.2) is 12.7 Å². The van der Waals surface area contributed by atoms with Crippen LogP contribution in [0.25, 0.3) is 0 Å². The minimum absolute atomic E-state index is 0.210. The van der Waals surface area contributed by atoms with E-state index in [9.17, 15) is 8.42 Å². The minimum atomic E-state index is -3.08. The molecule has 0 aromatic rings. The van der Waals surface area contributed by atoms with Crippen LogP contribution in [0.2, 0.25) is 0 Å². The zero-order valence-electron chi connectivity index (χ0n) is 13.1. The van der Waals surface area contributed by atoms with Crippen LogP contribution in [0.15, 0.2) is 0 Å². The largest absolute Gasteiger partial charge is 0.378 e. The first-order valence-electron chi connectivity index (χ1n) is 7.98. The maximum atomic E-state index is 11.7. The monoisotopic (exact) mass is 319 g/mol. The van der Waals surface area contributed by atoms with Crippen molar-refractivity contribution in [2.75, 3.05) is 26.0 Å². The Morgan fingerprint density at radius 1 is 1.43 bits per heavy atom. The van der Waals surface area contributed by atoms with Crippen LogP contribution in [0.1, 0.15) is 39.0 Å². The fourth-order valence-corrected chi connectivity index (χ4v) is 4.73. The second-order valence-corrected chi connectivity index (χ2v) is 8.39. The lowest BCUT2D eigenvalue weighted by molar-refractivity contribution is 0.0724. The quantitative estimate of drug-likeness (QED) is 0.556. The van der Waals surface area contributed by atoms with Gasteiger partial charge in [0.1, 0.15) is 0 Å². The van der Waals surface area contributed by atoms with E-state index in [2.05, 4.69) is 12.3 Å². The van der Waals surface area contributed by atoms with E-state index in [1.807, 2.05) is 0 Å². The van der Waals surface area contributed by atoms with Crippen LogP contribution in [-0.4, -0.2) is 50.8 Å². The molecule has 4 atom stereocenters. The number of hydrogen-bond acceptors (Lipinski definition) is 5. The first kappa shape index (κ1) is 17.1. The third-order valence-corrected chi connectivity index (χ3v) is 6.20. The molecule has 2 rings (SSSR count). The van der Waals surface area contributed by atoms with E-state index in [1.165, 1.54) is 6.26 Å². The number of sulfonamides is 1. The lowest BCUT2D eigenvalue weighted by atomic mass is 9.83. The number of hydrogen-bond donors (Lipinski definition) is 2. The van der Waals surface area contributed by atoms with Gasteiger partial charge in [0.15, 0.2) is 0 Å². The fourth-order valence-electron chi connectivity index (χ4n) is 3.79. The first-order chi connectivity index (χ1) is 9.95. The van der Waals surface area contributed by atoms with E-state index in [4.69, 9.17) is 10.6 Å². The van der Waals surface area contributed by atoms with E-state index in [1.54, 1.807) is 4.31 Å². The van der Waals surface area contributed by atoms with Gasteiger partial charge in [0.2, 0.25) is 10.0 Å². The van der Waals surface area contributed by atoms with Gasteiger partial charge in [0.25, 0.3) is 0 Å². The van der Waals surface area contributed by atoms with Gasteiger partial charge in [-0.15, -0.1) is 0 Å². The lowest BCUT2D eigenvalue weighted by Crippen LogP contribution is -2.47. The summed E-state index contributed by atoms with van der Waals surface area (Å²) in [5, 5.41) is 0. The van der Waals surface area contributed by atoms with Crippen LogP contribution in [-0.2, 0) is 14.8 Å². The summed E-state index contributed by atoms with van der Waals surface area (Å²) >= 11 is 0. The van der Waals surface area contributed by atoms with Crippen molar-refractivity contribution in [1.29, 1.82) is 0 Å². The van der Waals surface area contributed by atoms with Crippen molar-refractivity contribution in [3.63, 3.8) is 0 Å². The van der Waals surface area contributed by atoms with E-state index in [0.29, 0.717) is 24.9 Å². The summed E-state index contributed by atoms with van der Waals surface area (Å²) < 4.78 is 30.8. The summed E-state index contributed by atoms with van der Waals surface area (Å²) in [5.74, 6) is 6.59. The molecule has 2 saturated heterocycles. The summed E-state index contributed by atoms with van der Waals surface area (Å²) in [4.78, 5) is 0. The Balaban J connectivity index is 1.95. The Labute approximate surface area is 128 Å². The Morgan fingerprint density at radius 2 is 2.19 bits per heavy atom. The van der Waals surface area contributed by atoms with Gasteiger partial charge in [0, 0.05) is 31.7 Å². The Kier molecular flexibility index (Phi) is 6.02. The van der Waals surface area contributed by atoms with Crippen molar-refractivity contribution < 1.29 is 13.2 Å². The zero-order valence-corrected chi connectivity index (χ0v) is 13.9. The standard InChI is InChI=1S/C14H29N3O3S/c1-3-14-12(6-8-20-14)13(16-15)9-11-5-4-7-17(10-11)21(2,18)19/h11-14,16H,3-10,15H2,1-2H3. The SMILES string of the molecule is CCC1OCCC1C(CC1CCCN(S(C)(=O)=O)C1)NN. The van der Waals surface area contributed by atoms with Gasteiger partial charge in [-0.05, 0) is 38.0 Å². The Hall–Kier alpha value is -0.210. The molecular weight excluding hydrogens is 290 g/mol. The zero-order chi connectivity index (χ0) is 15.5. The maximum Gasteiger partial charge on any atom is 0.211 e. The Morgan fingerprint density at radius 3 is 2.81 bits per heavy atom. The molecule has 3 N–H and O–H groups in total. The van der Waals surface area contributed by atoms with Crippen molar-refractivity contribution in [2.24, 2.45) is 17.7 Å². The van der Waals surface area contributed by atoms with Crippen molar-refractivity contribution in [3.05, 3.63) is 0 Å². The van der Waals surface area contributed by atoms with Gasteiger partial charge >= 0.3 is 0 Å². The molecule has 0 aromatic carbocycles. The number of ether oxygens (including phenoxy) is 1. The molecule has 6 nitrogen and oxygen atoms in total. The summed E-state index contributed by atoms with van der Waals surface area (Å²) in [7, 11) is -3.08. The van der Waals surface area contributed by atoms with E-state index in [0.717, 1.165) is 38.7 Å². The highest BCUT2D eigenvalue weighted by molar-refractivity contribution is 7.88. The number of nitrogens with two attached hydrogens (primary N) is 1. The van der Waals surface area contributed by atoms with E-state index < -0.39 is 10.0 Å². The number of rotatable bonds is 6. The second-order valence-electron chi connectivity index (χ2n) is 6.41. The van der Waals surface area contributed by atoms with Crippen molar-refractivity contribution in [3.8, 4) is 0 Å². The number of nitrogens with one attached hydrogen (secondary N) is 1. The average molecular weight is 319 g/mol. The van der Waals surface area contributed by atoms with Gasteiger partial charge in [-0.3, -0.25) is 11.3 Å². The normalized spacial score (nSPS) is 33.2. The van der Waals surface area contributed by atoms with Gasteiger partial charge in [0.05, 0.1) is 12.4 Å². The topological polar surface area (TPSA) is 84.7 Å². The lowest BCUT2D eigenvalue weighted by Gasteiger charge is -2.35. The third kappa shape index (κ3) is 4.39. The molecule has 0 saturated carbocycles. The molecule has 2 fully saturated rings. The summed E-state index contributed by atoms with van der Waals surface area (Å²) in [6, 6.07) is 0.210. The molecule has 21 heavy (non-hydrogen) atoms. The van der Waals surface area contributed by atoms with E-state index >= 15 is 0 Å². The molecule has 0 amide bonds. The minimum Gasteiger partial charge on any atom is -0.378 e. The van der Waals surface area contributed by atoms with Crippen LogP contribution in [0, 0.1) is 11.8 Å². The molecular formula is C14H29N3O3S. The average Bonchev–Trinajstić information content (AvgIpc) is 2.92. The summed E-state index contributed by atoms with van der Waals surface area (Å²) in [5.41, 5.74) is 2.96. The molecule has 124 valence electrons. The molecule has 0 bridgehead atoms.